The van der Waals surface area contributed by atoms with Crippen molar-refractivity contribution in [2.75, 3.05) is 0 Å². The fourth-order valence-corrected chi connectivity index (χ4v) is 6.02. The molecule has 0 aromatic carbocycles. The van der Waals surface area contributed by atoms with Crippen molar-refractivity contribution < 1.29 is 0 Å². The third-order valence-electron chi connectivity index (χ3n) is 8.77. The summed E-state index contributed by atoms with van der Waals surface area (Å²) in [4.78, 5) is 0. The summed E-state index contributed by atoms with van der Waals surface area (Å²) in [6.45, 7) is 22.9. The molecule has 1 unspecified atom stereocenters. The van der Waals surface area contributed by atoms with Gasteiger partial charge in [-0.05, 0) is 103 Å². The average molecular weight is 539 g/mol. The summed E-state index contributed by atoms with van der Waals surface area (Å²) in [5.74, 6) is 0.537. The van der Waals surface area contributed by atoms with Crippen LogP contribution in [-0.2, 0) is 0 Å². The zero-order valence-electron chi connectivity index (χ0n) is 27.5. The highest BCUT2D eigenvalue weighted by Gasteiger charge is 2.30. The monoisotopic (exact) mass is 538 g/mol. The minimum Gasteiger partial charge on any atom is -0.0850 e. The van der Waals surface area contributed by atoms with E-state index in [-0.39, 0.29) is 0 Å². The number of rotatable bonds is 11. The van der Waals surface area contributed by atoms with Gasteiger partial charge in [0.15, 0.2) is 0 Å². The molecule has 1 atom stereocenters. The maximum atomic E-state index is 2.41. The first-order valence-corrected chi connectivity index (χ1v) is 15.6. The van der Waals surface area contributed by atoms with Crippen molar-refractivity contribution in [3.05, 3.63) is 118 Å². The molecule has 0 aromatic rings. The highest BCUT2D eigenvalue weighted by molar-refractivity contribution is 5.36. The van der Waals surface area contributed by atoms with E-state index in [1.54, 1.807) is 11.1 Å². The molecule has 0 spiro atoms. The topological polar surface area (TPSA) is 0 Å². The molecule has 2 aliphatic rings. The van der Waals surface area contributed by atoms with Crippen LogP contribution in [0.4, 0.5) is 0 Å². The third-order valence-corrected chi connectivity index (χ3v) is 8.77. The van der Waals surface area contributed by atoms with Crippen LogP contribution in [0.3, 0.4) is 0 Å². The Balaban J connectivity index is 1.82. The van der Waals surface area contributed by atoms with Crippen LogP contribution in [0.15, 0.2) is 118 Å². The first-order valence-electron chi connectivity index (χ1n) is 15.6. The van der Waals surface area contributed by atoms with Crippen molar-refractivity contribution in [1.29, 1.82) is 0 Å². The lowest BCUT2D eigenvalue weighted by Crippen LogP contribution is -2.26. The maximum absolute atomic E-state index is 2.41. The summed E-state index contributed by atoms with van der Waals surface area (Å²) in [7, 11) is 0. The molecule has 0 amide bonds. The molecule has 0 saturated carbocycles. The summed E-state index contributed by atoms with van der Waals surface area (Å²) in [6, 6.07) is 0. The van der Waals surface area contributed by atoms with E-state index in [1.807, 2.05) is 0 Å². The number of hydrogen-bond donors (Lipinski definition) is 0. The molecule has 0 nitrogen and oxygen atoms in total. The third kappa shape index (κ3) is 11.5. The van der Waals surface area contributed by atoms with E-state index < -0.39 is 0 Å². The van der Waals surface area contributed by atoms with E-state index in [0.717, 1.165) is 12.8 Å². The van der Waals surface area contributed by atoms with Crippen molar-refractivity contribution in [3.63, 3.8) is 0 Å². The zero-order valence-corrected chi connectivity index (χ0v) is 27.5. The van der Waals surface area contributed by atoms with Gasteiger partial charge < -0.3 is 0 Å². The summed E-state index contributed by atoms with van der Waals surface area (Å²) in [6.07, 6.45) is 37.9. The van der Waals surface area contributed by atoms with E-state index in [2.05, 4.69) is 148 Å². The van der Waals surface area contributed by atoms with E-state index in [9.17, 15) is 0 Å². The largest absolute Gasteiger partial charge is 0.0850 e. The van der Waals surface area contributed by atoms with Crippen LogP contribution in [0.2, 0.25) is 0 Å². The quantitative estimate of drug-likeness (QED) is 0.181. The zero-order chi connectivity index (χ0) is 29.8. The molecule has 2 rings (SSSR count). The van der Waals surface area contributed by atoms with Crippen LogP contribution >= 0.6 is 0 Å². The Morgan fingerprint density at radius 2 is 1.50 bits per heavy atom. The summed E-state index contributed by atoms with van der Waals surface area (Å²) >= 11 is 0. The van der Waals surface area contributed by atoms with Gasteiger partial charge in [0.2, 0.25) is 0 Å². The molecule has 40 heavy (non-hydrogen) atoms. The molecule has 0 aliphatic heterocycles. The fraction of sp³-hybridized carbons (Fsp3) is 0.500. The molecule has 0 heteroatoms. The second kappa shape index (κ2) is 16.0. The molecule has 0 N–H and O–H groups in total. The minimum absolute atomic E-state index is 0.309. The van der Waals surface area contributed by atoms with Crippen LogP contribution in [0.5, 0.6) is 0 Å². The molecule has 0 radical (unpaired) electrons. The van der Waals surface area contributed by atoms with Gasteiger partial charge in [0.05, 0.1) is 0 Å². The Labute approximate surface area is 248 Å². The van der Waals surface area contributed by atoms with Gasteiger partial charge in [0.1, 0.15) is 0 Å². The molecule has 0 aromatic heterocycles. The van der Waals surface area contributed by atoms with Gasteiger partial charge in [-0.1, -0.05) is 140 Å². The van der Waals surface area contributed by atoms with Gasteiger partial charge in [-0.2, -0.15) is 0 Å². The van der Waals surface area contributed by atoms with Crippen LogP contribution in [0.25, 0.3) is 0 Å². The molecule has 218 valence electrons. The van der Waals surface area contributed by atoms with Crippen molar-refractivity contribution in [3.8, 4) is 0 Å². The van der Waals surface area contributed by atoms with Crippen molar-refractivity contribution in [1.82, 2.24) is 0 Å². The molecular weight excluding hydrogens is 480 g/mol. The lowest BCUT2D eigenvalue weighted by atomic mass is 9.68. The predicted octanol–water partition coefficient (Wildman–Crippen LogP) is 12.7. The standard InChI is InChI=1S/C40H58/c1-31(19-13-21-33(3)25-27-37-35(5)23-15-29-39(37,7)8)17-11-12-18-32(2)20-14-22-34(4)26-28-38-36(6)24-16-30-40(38,9)10/h11-13,17-19,21-23,25-28,37H,14-16,20,24,29-30H2,1-10H3/b12-11+,19-13+,27-25+,28-26+,31-17+,32-18+,33-21+,34-22+. The number of allylic oxidation sites excluding steroid dienone is 20. The summed E-state index contributed by atoms with van der Waals surface area (Å²) < 4.78 is 0. The van der Waals surface area contributed by atoms with Crippen LogP contribution in [-0.4, -0.2) is 0 Å². The predicted molar refractivity (Wildman–Crippen MR) is 181 cm³/mol. The van der Waals surface area contributed by atoms with Crippen molar-refractivity contribution in [2.45, 2.75) is 114 Å². The molecule has 0 heterocycles. The SMILES string of the molecule is CC1=CCCC(C)(C)C1/C=C/C(C)=C/C=C/C(C)=C/C=C/C=C(\C)CC/C=C(C)/C=C/C1=C(C)CCCC1(C)C. The van der Waals surface area contributed by atoms with E-state index in [1.165, 1.54) is 60.0 Å². The van der Waals surface area contributed by atoms with E-state index >= 15 is 0 Å². The number of hydrogen-bond acceptors (Lipinski definition) is 0. The van der Waals surface area contributed by atoms with Crippen LogP contribution in [0.1, 0.15) is 114 Å². The van der Waals surface area contributed by atoms with E-state index in [0.29, 0.717) is 16.7 Å². The Morgan fingerprint density at radius 1 is 0.825 bits per heavy atom. The van der Waals surface area contributed by atoms with Crippen LogP contribution in [0, 0.1) is 16.7 Å². The molecule has 0 saturated heterocycles. The maximum Gasteiger partial charge on any atom is 0.00285 e. The van der Waals surface area contributed by atoms with Gasteiger partial charge >= 0.3 is 0 Å². The highest BCUT2D eigenvalue weighted by atomic mass is 14.3. The Morgan fingerprint density at radius 3 is 2.20 bits per heavy atom. The van der Waals surface area contributed by atoms with E-state index in [4.69, 9.17) is 0 Å². The summed E-state index contributed by atoms with van der Waals surface area (Å²) in [5, 5.41) is 0. The first kappa shape index (κ1) is 33.6. The van der Waals surface area contributed by atoms with Crippen molar-refractivity contribution in [2.24, 2.45) is 16.7 Å². The minimum atomic E-state index is 0.309. The van der Waals surface area contributed by atoms with Gasteiger partial charge in [-0.15, -0.1) is 0 Å². The first-order chi connectivity index (χ1) is 18.8. The van der Waals surface area contributed by atoms with Gasteiger partial charge in [-0.3, -0.25) is 0 Å². The fourth-order valence-electron chi connectivity index (χ4n) is 6.02. The second-order valence-corrected chi connectivity index (χ2v) is 13.6. The molecular formula is C40H58. The lowest BCUT2D eigenvalue weighted by Gasteiger charge is -2.36. The Bertz CT molecular complexity index is 1150. The molecule has 0 fully saturated rings. The smallest absolute Gasteiger partial charge is 0.00285 e. The highest BCUT2D eigenvalue weighted by Crippen LogP contribution is 2.42. The van der Waals surface area contributed by atoms with Crippen molar-refractivity contribution >= 4 is 0 Å². The molecule has 0 bridgehead atoms. The van der Waals surface area contributed by atoms with Gasteiger partial charge in [0, 0.05) is 5.92 Å². The average Bonchev–Trinajstić information content (AvgIpc) is 2.85. The van der Waals surface area contributed by atoms with Crippen LogP contribution < -0.4 is 0 Å². The van der Waals surface area contributed by atoms with Gasteiger partial charge in [0.25, 0.3) is 0 Å². The van der Waals surface area contributed by atoms with Gasteiger partial charge in [-0.25, -0.2) is 0 Å². The summed E-state index contributed by atoms with van der Waals surface area (Å²) in [5.41, 5.74) is 10.6. The Kier molecular flexibility index (Phi) is 13.4. The second-order valence-electron chi connectivity index (χ2n) is 13.6. The molecule has 2 aliphatic carbocycles. The normalized spacial score (nSPS) is 23.4. The Hall–Kier alpha value is -2.60. The lowest BCUT2D eigenvalue weighted by molar-refractivity contribution is 0.255.